The second-order valence-corrected chi connectivity index (χ2v) is 5.84. The van der Waals surface area contributed by atoms with E-state index in [1.54, 1.807) is 6.20 Å². The van der Waals surface area contributed by atoms with Crippen LogP contribution in [0.4, 0.5) is 11.8 Å². The summed E-state index contributed by atoms with van der Waals surface area (Å²) in [4.78, 5) is 7.99. The van der Waals surface area contributed by atoms with Crippen LogP contribution in [0.25, 0.3) is 0 Å². The minimum atomic E-state index is 0.258. The number of hydrogen-bond donors (Lipinski definition) is 2. The van der Waals surface area contributed by atoms with Crippen LogP contribution in [-0.4, -0.2) is 27.5 Å². The van der Waals surface area contributed by atoms with Crippen LogP contribution < -0.4 is 11.1 Å². The molecule has 94 valence electrons. The molecule has 0 amide bonds. The molecule has 2 atom stereocenters. The zero-order valence-electron chi connectivity index (χ0n) is 9.82. The molecule has 0 aliphatic heterocycles. The molecule has 0 spiro atoms. The van der Waals surface area contributed by atoms with Crippen LogP contribution in [0.5, 0.6) is 0 Å². The van der Waals surface area contributed by atoms with Gasteiger partial charge in [-0.15, -0.1) is 0 Å². The van der Waals surface area contributed by atoms with E-state index in [4.69, 9.17) is 17.3 Å². The maximum Gasteiger partial charge on any atom is 0.222 e. The summed E-state index contributed by atoms with van der Waals surface area (Å²) < 4.78 is 0. The first kappa shape index (κ1) is 12.8. The number of aromatic nitrogens is 2. The Labute approximate surface area is 111 Å². The number of hydrogen-bond acceptors (Lipinski definition) is 5. The average Bonchev–Trinajstić information content (AvgIpc) is 2.34. The number of thioether (sulfide) groups is 1. The van der Waals surface area contributed by atoms with E-state index in [2.05, 4.69) is 21.5 Å². The van der Waals surface area contributed by atoms with E-state index in [-0.39, 0.29) is 5.95 Å². The Morgan fingerprint density at radius 1 is 1.53 bits per heavy atom. The van der Waals surface area contributed by atoms with Gasteiger partial charge in [0.2, 0.25) is 5.95 Å². The summed E-state index contributed by atoms with van der Waals surface area (Å²) in [7, 11) is 0. The fourth-order valence-corrected chi connectivity index (χ4v) is 3.14. The van der Waals surface area contributed by atoms with Gasteiger partial charge in [0.15, 0.2) is 5.82 Å². The van der Waals surface area contributed by atoms with Crippen molar-refractivity contribution in [2.24, 2.45) is 0 Å². The molecule has 17 heavy (non-hydrogen) atoms. The first-order valence-electron chi connectivity index (χ1n) is 5.76. The quantitative estimate of drug-likeness (QED) is 0.886. The van der Waals surface area contributed by atoms with E-state index in [1.165, 1.54) is 12.8 Å². The molecule has 1 aliphatic rings. The number of nitrogens with two attached hydrogens (primary N) is 1. The molecular formula is C11H17ClN4S. The average molecular weight is 273 g/mol. The highest BCUT2D eigenvalue weighted by molar-refractivity contribution is 7.99. The van der Waals surface area contributed by atoms with Gasteiger partial charge in [-0.1, -0.05) is 18.0 Å². The molecule has 2 rings (SSSR count). The Balaban J connectivity index is 2.02. The number of rotatable bonds is 3. The van der Waals surface area contributed by atoms with Crippen LogP contribution in [0, 0.1) is 0 Å². The third-order valence-electron chi connectivity index (χ3n) is 3.06. The first-order chi connectivity index (χ1) is 8.19. The summed E-state index contributed by atoms with van der Waals surface area (Å²) in [5, 5.41) is 4.65. The summed E-state index contributed by atoms with van der Waals surface area (Å²) in [6.45, 7) is 0. The molecule has 0 bridgehead atoms. The van der Waals surface area contributed by atoms with E-state index < -0.39 is 0 Å². The van der Waals surface area contributed by atoms with Crippen LogP contribution in [0.2, 0.25) is 5.02 Å². The molecule has 1 saturated carbocycles. The smallest absolute Gasteiger partial charge is 0.222 e. The molecule has 0 aromatic carbocycles. The van der Waals surface area contributed by atoms with Crippen LogP contribution in [-0.2, 0) is 0 Å². The molecule has 2 unspecified atom stereocenters. The molecule has 1 aromatic heterocycles. The zero-order chi connectivity index (χ0) is 12.3. The van der Waals surface area contributed by atoms with Gasteiger partial charge in [0.25, 0.3) is 0 Å². The van der Waals surface area contributed by atoms with E-state index in [9.17, 15) is 0 Å². The van der Waals surface area contributed by atoms with Crippen molar-refractivity contribution in [2.45, 2.75) is 37.0 Å². The lowest BCUT2D eigenvalue weighted by atomic mass is 9.95. The van der Waals surface area contributed by atoms with Gasteiger partial charge in [0.1, 0.15) is 5.02 Å². The van der Waals surface area contributed by atoms with E-state index >= 15 is 0 Å². The minimum Gasteiger partial charge on any atom is -0.368 e. The first-order valence-corrected chi connectivity index (χ1v) is 7.43. The van der Waals surface area contributed by atoms with Crippen molar-refractivity contribution in [3.63, 3.8) is 0 Å². The Morgan fingerprint density at radius 2 is 2.35 bits per heavy atom. The molecule has 3 N–H and O–H groups in total. The number of nitrogen functional groups attached to an aromatic ring is 1. The monoisotopic (exact) mass is 272 g/mol. The van der Waals surface area contributed by atoms with Gasteiger partial charge in [-0.25, -0.2) is 4.98 Å². The molecule has 0 radical (unpaired) electrons. The van der Waals surface area contributed by atoms with Crippen molar-refractivity contribution in [2.75, 3.05) is 17.3 Å². The van der Waals surface area contributed by atoms with Crippen molar-refractivity contribution < 1.29 is 0 Å². The standard InChI is InChI=1S/C11H17ClN4S/c1-17-8-4-2-3-7(5-8)15-10-9(12)6-14-11(13)16-10/h6-8H,2-5H2,1H3,(H3,13,14,15,16). The highest BCUT2D eigenvalue weighted by atomic mass is 35.5. The second kappa shape index (κ2) is 5.78. The number of halogens is 1. The van der Waals surface area contributed by atoms with Crippen LogP contribution >= 0.6 is 23.4 Å². The van der Waals surface area contributed by atoms with Gasteiger partial charge in [-0.2, -0.15) is 16.7 Å². The van der Waals surface area contributed by atoms with Crippen molar-refractivity contribution in [3.05, 3.63) is 11.2 Å². The molecule has 1 heterocycles. The zero-order valence-corrected chi connectivity index (χ0v) is 11.4. The molecule has 4 nitrogen and oxygen atoms in total. The summed E-state index contributed by atoms with van der Waals surface area (Å²) in [6, 6.07) is 0.438. The van der Waals surface area contributed by atoms with Crippen molar-refractivity contribution in [1.29, 1.82) is 0 Å². The summed E-state index contributed by atoms with van der Waals surface area (Å²) in [5.74, 6) is 0.917. The topological polar surface area (TPSA) is 63.8 Å². The summed E-state index contributed by atoms with van der Waals surface area (Å²) in [6.07, 6.45) is 8.59. The third kappa shape index (κ3) is 3.39. The lowest BCUT2D eigenvalue weighted by Gasteiger charge is -2.29. The van der Waals surface area contributed by atoms with Crippen LogP contribution in [0.15, 0.2) is 6.20 Å². The maximum atomic E-state index is 6.04. The minimum absolute atomic E-state index is 0.258. The van der Waals surface area contributed by atoms with Crippen molar-refractivity contribution in [1.82, 2.24) is 9.97 Å². The Morgan fingerprint density at radius 3 is 3.12 bits per heavy atom. The number of anilines is 2. The Hall–Kier alpha value is -0.680. The van der Waals surface area contributed by atoms with Crippen molar-refractivity contribution in [3.8, 4) is 0 Å². The molecule has 1 fully saturated rings. The van der Waals surface area contributed by atoms with Crippen molar-refractivity contribution >= 4 is 35.1 Å². The predicted octanol–water partition coefficient (Wildman–Crippen LogP) is 2.80. The summed E-state index contributed by atoms with van der Waals surface area (Å²) >= 11 is 7.97. The second-order valence-electron chi connectivity index (χ2n) is 4.29. The number of nitrogens with zero attached hydrogens (tertiary/aromatic N) is 2. The lowest BCUT2D eigenvalue weighted by Crippen LogP contribution is -2.29. The maximum absolute atomic E-state index is 6.04. The fourth-order valence-electron chi connectivity index (χ4n) is 2.17. The molecule has 1 aromatic rings. The molecule has 6 heteroatoms. The fraction of sp³-hybridized carbons (Fsp3) is 0.636. The normalized spacial score (nSPS) is 24.6. The molecular weight excluding hydrogens is 256 g/mol. The number of nitrogens with one attached hydrogen (secondary N) is 1. The predicted molar refractivity (Wildman–Crippen MR) is 74.6 cm³/mol. The van der Waals surface area contributed by atoms with Gasteiger partial charge in [0, 0.05) is 11.3 Å². The third-order valence-corrected chi connectivity index (χ3v) is 4.43. The SMILES string of the molecule is CSC1CCCC(Nc2nc(N)ncc2Cl)C1. The lowest BCUT2D eigenvalue weighted by molar-refractivity contribution is 0.473. The van der Waals surface area contributed by atoms with Gasteiger partial charge >= 0.3 is 0 Å². The van der Waals surface area contributed by atoms with Gasteiger partial charge in [0.05, 0.1) is 6.20 Å². The van der Waals surface area contributed by atoms with Gasteiger partial charge in [-0.05, 0) is 25.5 Å². The highest BCUT2D eigenvalue weighted by Gasteiger charge is 2.22. The van der Waals surface area contributed by atoms with E-state index in [1.807, 2.05) is 11.8 Å². The van der Waals surface area contributed by atoms with Crippen LogP contribution in [0.1, 0.15) is 25.7 Å². The van der Waals surface area contributed by atoms with E-state index in [0.29, 0.717) is 16.9 Å². The van der Waals surface area contributed by atoms with E-state index in [0.717, 1.165) is 18.1 Å². The molecule has 0 saturated heterocycles. The van der Waals surface area contributed by atoms with Gasteiger partial charge < -0.3 is 11.1 Å². The summed E-state index contributed by atoms with van der Waals surface area (Å²) in [5.41, 5.74) is 5.56. The van der Waals surface area contributed by atoms with Gasteiger partial charge in [-0.3, -0.25) is 0 Å². The Bertz CT molecular complexity index is 388. The van der Waals surface area contributed by atoms with Crippen LogP contribution in [0.3, 0.4) is 0 Å². The highest BCUT2D eigenvalue weighted by Crippen LogP contribution is 2.30. The Kier molecular flexibility index (Phi) is 4.34. The largest absolute Gasteiger partial charge is 0.368 e. The molecule has 1 aliphatic carbocycles.